The van der Waals surface area contributed by atoms with E-state index in [-0.39, 0.29) is 11.9 Å². The second-order valence-electron chi connectivity index (χ2n) is 6.89. The summed E-state index contributed by atoms with van der Waals surface area (Å²) in [5.41, 5.74) is 9.88. The van der Waals surface area contributed by atoms with Gasteiger partial charge in [0.25, 0.3) is 0 Å². The van der Waals surface area contributed by atoms with Gasteiger partial charge in [0.2, 0.25) is 11.7 Å². The van der Waals surface area contributed by atoms with Crippen LogP contribution >= 0.6 is 0 Å². The van der Waals surface area contributed by atoms with Gasteiger partial charge < -0.3 is 11.1 Å². The number of nitrogens with zero attached hydrogens (tertiary/aromatic N) is 4. The van der Waals surface area contributed by atoms with E-state index in [0.29, 0.717) is 5.82 Å². The van der Waals surface area contributed by atoms with Crippen molar-refractivity contribution in [3.63, 3.8) is 0 Å². The highest BCUT2D eigenvalue weighted by Gasteiger charge is 2.26. The van der Waals surface area contributed by atoms with E-state index in [2.05, 4.69) is 20.7 Å². The van der Waals surface area contributed by atoms with Crippen LogP contribution in [0.2, 0.25) is 0 Å². The number of aryl methyl sites for hydroxylation is 1. The van der Waals surface area contributed by atoms with Crippen molar-refractivity contribution in [3.05, 3.63) is 59.7 Å². The van der Waals surface area contributed by atoms with Crippen LogP contribution in [0.5, 0.6) is 0 Å². The molecule has 0 bridgehead atoms. The molecule has 3 aromatic rings. The van der Waals surface area contributed by atoms with Crippen molar-refractivity contribution >= 4 is 11.6 Å². The largest absolute Gasteiger partial charge is 0.399 e. The lowest BCUT2D eigenvalue weighted by Crippen LogP contribution is -2.36. The maximum absolute atomic E-state index is 12.8. The molecule has 1 aliphatic rings. The Labute approximate surface area is 157 Å². The Morgan fingerprint density at radius 3 is 2.89 bits per heavy atom. The fourth-order valence-electron chi connectivity index (χ4n) is 3.47. The minimum atomic E-state index is -0.547. The van der Waals surface area contributed by atoms with Gasteiger partial charge in [0, 0.05) is 11.3 Å². The van der Waals surface area contributed by atoms with Crippen LogP contribution in [0.3, 0.4) is 0 Å². The number of fused-ring (bicyclic) bond motifs is 1. The number of carbonyl (C=O) groups is 1. The van der Waals surface area contributed by atoms with Gasteiger partial charge >= 0.3 is 0 Å². The molecule has 0 fully saturated rings. The van der Waals surface area contributed by atoms with E-state index in [1.165, 1.54) is 10.4 Å². The predicted molar refractivity (Wildman–Crippen MR) is 103 cm³/mol. The first kappa shape index (κ1) is 17.2. The standard InChI is InChI=1S/C20H22N6O/c1-13(26-24-19(23-25-26)14-6-3-2-4-7-14)20(27)22-18-9-5-8-15-12-16(21)10-11-17(15)18/h2-4,6-7,10-13,18H,5,8-9,21H2,1H3,(H,22,27). The van der Waals surface area contributed by atoms with Gasteiger partial charge in [-0.1, -0.05) is 36.4 Å². The van der Waals surface area contributed by atoms with Crippen LogP contribution in [0.1, 0.15) is 43.0 Å². The summed E-state index contributed by atoms with van der Waals surface area (Å²) in [4.78, 5) is 14.1. The third-order valence-corrected chi connectivity index (χ3v) is 4.98. The first-order chi connectivity index (χ1) is 13.1. The topological polar surface area (TPSA) is 98.7 Å². The quantitative estimate of drug-likeness (QED) is 0.695. The molecule has 0 saturated heterocycles. The smallest absolute Gasteiger partial charge is 0.247 e. The van der Waals surface area contributed by atoms with Gasteiger partial charge in [0.1, 0.15) is 6.04 Å². The highest BCUT2D eigenvalue weighted by Crippen LogP contribution is 2.31. The van der Waals surface area contributed by atoms with Crippen LogP contribution in [0.25, 0.3) is 11.4 Å². The summed E-state index contributed by atoms with van der Waals surface area (Å²) >= 11 is 0. The Bertz CT molecular complexity index is 952. The van der Waals surface area contributed by atoms with Crippen molar-refractivity contribution in [2.45, 2.75) is 38.3 Å². The van der Waals surface area contributed by atoms with E-state index in [9.17, 15) is 4.79 Å². The van der Waals surface area contributed by atoms with E-state index >= 15 is 0 Å². The van der Waals surface area contributed by atoms with Crippen molar-refractivity contribution in [1.29, 1.82) is 0 Å². The number of amides is 1. The average Bonchev–Trinajstić information content (AvgIpc) is 3.18. The van der Waals surface area contributed by atoms with E-state index < -0.39 is 6.04 Å². The molecule has 2 unspecified atom stereocenters. The summed E-state index contributed by atoms with van der Waals surface area (Å²) < 4.78 is 0. The normalized spacial score (nSPS) is 17.1. The minimum Gasteiger partial charge on any atom is -0.399 e. The third kappa shape index (κ3) is 3.53. The maximum Gasteiger partial charge on any atom is 0.247 e. The second-order valence-corrected chi connectivity index (χ2v) is 6.89. The van der Waals surface area contributed by atoms with Gasteiger partial charge in [0.15, 0.2) is 0 Å². The number of rotatable bonds is 4. The lowest BCUT2D eigenvalue weighted by molar-refractivity contribution is -0.125. The molecule has 3 N–H and O–H groups in total. The monoisotopic (exact) mass is 362 g/mol. The molecule has 27 heavy (non-hydrogen) atoms. The van der Waals surface area contributed by atoms with Crippen molar-refractivity contribution in [1.82, 2.24) is 25.5 Å². The molecule has 7 nitrogen and oxygen atoms in total. The zero-order chi connectivity index (χ0) is 18.8. The fraction of sp³-hybridized carbons (Fsp3) is 0.300. The van der Waals surface area contributed by atoms with Crippen LogP contribution in [0.15, 0.2) is 48.5 Å². The first-order valence-electron chi connectivity index (χ1n) is 9.15. The van der Waals surface area contributed by atoms with E-state index in [1.807, 2.05) is 48.5 Å². The van der Waals surface area contributed by atoms with Crippen LogP contribution < -0.4 is 11.1 Å². The molecule has 4 rings (SSSR count). The zero-order valence-corrected chi connectivity index (χ0v) is 15.2. The molecular weight excluding hydrogens is 340 g/mol. The summed E-state index contributed by atoms with van der Waals surface area (Å²) in [5, 5.41) is 15.6. The summed E-state index contributed by atoms with van der Waals surface area (Å²) in [6, 6.07) is 14.9. The van der Waals surface area contributed by atoms with Gasteiger partial charge in [0.05, 0.1) is 6.04 Å². The minimum absolute atomic E-state index is 0.0126. The van der Waals surface area contributed by atoms with E-state index in [4.69, 9.17) is 5.73 Å². The lowest BCUT2D eigenvalue weighted by Gasteiger charge is -2.27. The number of nitrogen functional groups attached to an aromatic ring is 1. The highest BCUT2D eigenvalue weighted by atomic mass is 16.2. The average molecular weight is 362 g/mol. The SMILES string of the molecule is CC(C(=O)NC1CCCc2cc(N)ccc21)n1nnc(-c2ccccc2)n1. The van der Waals surface area contributed by atoms with E-state index in [0.717, 1.165) is 36.1 Å². The van der Waals surface area contributed by atoms with E-state index in [1.54, 1.807) is 6.92 Å². The number of aromatic nitrogens is 4. The Kier molecular flexibility index (Phi) is 4.58. The Morgan fingerprint density at radius 2 is 2.07 bits per heavy atom. The predicted octanol–water partition coefficient (Wildman–Crippen LogP) is 2.68. The Hall–Kier alpha value is -3.22. The maximum atomic E-state index is 12.8. The number of hydrogen-bond acceptors (Lipinski definition) is 5. The van der Waals surface area contributed by atoms with Crippen molar-refractivity contribution < 1.29 is 4.79 Å². The Balaban J connectivity index is 1.49. The molecule has 1 amide bonds. The van der Waals surface area contributed by atoms with Gasteiger partial charge in [-0.25, -0.2) is 0 Å². The van der Waals surface area contributed by atoms with Crippen molar-refractivity contribution in [3.8, 4) is 11.4 Å². The molecule has 2 aromatic carbocycles. The third-order valence-electron chi connectivity index (χ3n) is 4.98. The fourth-order valence-corrected chi connectivity index (χ4v) is 3.47. The van der Waals surface area contributed by atoms with Crippen LogP contribution in [-0.4, -0.2) is 26.1 Å². The number of nitrogens with two attached hydrogens (primary N) is 1. The molecule has 2 atom stereocenters. The number of carbonyl (C=O) groups excluding carboxylic acids is 1. The molecule has 1 aromatic heterocycles. The van der Waals surface area contributed by atoms with Gasteiger partial charge in [-0.15, -0.1) is 10.2 Å². The molecule has 0 aliphatic heterocycles. The summed E-state index contributed by atoms with van der Waals surface area (Å²) in [7, 11) is 0. The number of benzene rings is 2. The van der Waals surface area contributed by atoms with Crippen LogP contribution in [0.4, 0.5) is 5.69 Å². The van der Waals surface area contributed by atoms with Gasteiger partial charge in [-0.05, 0) is 54.7 Å². The number of hydrogen-bond donors (Lipinski definition) is 2. The van der Waals surface area contributed by atoms with Gasteiger partial charge in [-0.3, -0.25) is 4.79 Å². The highest BCUT2D eigenvalue weighted by molar-refractivity contribution is 5.80. The number of anilines is 1. The molecule has 0 radical (unpaired) electrons. The first-order valence-corrected chi connectivity index (χ1v) is 9.15. The zero-order valence-electron chi connectivity index (χ0n) is 15.2. The van der Waals surface area contributed by atoms with Crippen LogP contribution in [-0.2, 0) is 11.2 Å². The summed E-state index contributed by atoms with van der Waals surface area (Å²) in [6.07, 6.45) is 2.93. The summed E-state index contributed by atoms with van der Waals surface area (Å²) in [6.45, 7) is 1.78. The second kappa shape index (κ2) is 7.19. The van der Waals surface area contributed by atoms with Gasteiger partial charge in [-0.2, -0.15) is 4.80 Å². The lowest BCUT2D eigenvalue weighted by atomic mass is 9.87. The van der Waals surface area contributed by atoms with Crippen LogP contribution in [0, 0.1) is 0 Å². The number of tetrazole rings is 1. The molecule has 1 heterocycles. The van der Waals surface area contributed by atoms with Crippen molar-refractivity contribution in [2.24, 2.45) is 0 Å². The molecule has 0 spiro atoms. The molecule has 1 aliphatic carbocycles. The number of nitrogens with one attached hydrogen (secondary N) is 1. The molecular formula is C20H22N6O. The molecule has 0 saturated carbocycles. The molecule has 7 heteroatoms. The molecule has 138 valence electrons. The summed E-state index contributed by atoms with van der Waals surface area (Å²) in [5.74, 6) is 0.385. The van der Waals surface area contributed by atoms with Crippen molar-refractivity contribution in [2.75, 3.05) is 5.73 Å². The Morgan fingerprint density at radius 1 is 1.26 bits per heavy atom.